The lowest BCUT2D eigenvalue weighted by Crippen LogP contribution is -2.32. The minimum Gasteiger partial charge on any atom is -0.308 e. The lowest BCUT2D eigenvalue weighted by atomic mass is 9.91. The fourth-order valence-electron chi connectivity index (χ4n) is 1.74. The molecule has 2 rings (SSSR count). The van der Waals surface area contributed by atoms with E-state index in [0.29, 0.717) is 5.69 Å². The molecule has 0 radical (unpaired) electrons. The Morgan fingerprint density at radius 3 is 2.65 bits per heavy atom. The second kappa shape index (κ2) is 3.70. The van der Waals surface area contributed by atoms with E-state index in [1.165, 1.54) is 4.57 Å². The van der Waals surface area contributed by atoms with E-state index in [9.17, 15) is 4.79 Å². The molecule has 0 unspecified atom stereocenters. The monoisotopic (exact) mass is 227 g/mol. The maximum atomic E-state index is 12.1. The Labute approximate surface area is 99.1 Å². The van der Waals surface area contributed by atoms with Crippen LogP contribution in [-0.2, 0) is 12.5 Å². The lowest BCUT2D eigenvalue weighted by molar-refractivity contribution is 0.637. The van der Waals surface area contributed by atoms with Crippen molar-refractivity contribution in [2.75, 3.05) is 0 Å². The Morgan fingerprint density at radius 2 is 2.00 bits per heavy atom. The third kappa shape index (κ3) is 1.70. The largest absolute Gasteiger partial charge is 0.308 e. The van der Waals surface area contributed by atoms with E-state index < -0.39 is 5.41 Å². The number of rotatable bonds is 1. The summed E-state index contributed by atoms with van der Waals surface area (Å²) in [5.41, 5.74) is 0.707. The molecular formula is C13H13N3O. The predicted molar refractivity (Wildman–Crippen MR) is 65.6 cm³/mol. The summed E-state index contributed by atoms with van der Waals surface area (Å²) in [7, 11) is 1.70. The van der Waals surface area contributed by atoms with Gasteiger partial charge in [0.1, 0.15) is 5.69 Å². The second-order valence-electron chi connectivity index (χ2n) is 4.55. The summed E-state index contributed by atoms with van der Waals surface area (Å²) in [5.74, 6) is 0. The molecule has 0 aliphatic carbocycles. The topological polar surface area (TPSA) is 58.7 Å². The van der Waals surface area contributed by atoms with Gasteiger partial charge in [0.2, 0.25) is 0 Å². The van der Waals surface area contributed by atoms with Gasteiger partial charge in [0.05, 0.1) is 22.5 Å². The highest BCUT2D eigenvalue weighted by atomic mass is 16.1. The molecule has 1 heterocycles. The van der Waals surface area contributed by atoms with E-state index >= 15 is 0 Å². The number of benzene rings is 1. The maximum Gasteiger partial charge on any atom is 0.274 e. The molecule has 0 amide bonds. The van der Waals surface area contributed by atoms with Crippen molar-refractivity contribution in [1.82, 2.24) is 9.55 Å². The van der Waals surface area contributed by atoms with Crippen LogP contribution in [0.25, 0.3) is 11.0 Å². The number of para-hydroxylation sites is 2. The third-order valence-corrected chi connectivity index (χ3v) is 2.85. The molecule has 0 fully saturated rings. The highest BCUT2D eigenvalue weighted by Gasteiger charge is 2.26. The molecule has 0 saturated carbocycles. The Hall–Kier alpha value is -2.15. The number of hydrogen-bond acceptors (Lipinski definition) is 3. The van der Waals surface area contributed by atoms with Crippen LogP contribution in [0.1, 0.15) is 19.5 Å². The first-order valence-electron chi connectivity index (χ1n) is 5.35. The van der Waals surface area contributed by atoms with Gasteiger partial charge < -0.3 is 4.57 Å². The quantitative estimate of drug-likeness (QED) is 0.745. The minimum absolute atomic E-state index is 0.213. The summed E-state index contributed by atoms with van der Waals surface area (Å²) in [5, 5.41) is 9.10. The van der Waals surface area contributed by atoms with Crippen LogP contribution < -0.4 is 5.56 Å². The SMILES string of the molecule is Cn1c(=O)c(C(C)(C)C#N)nc2ccccc21. The van der Waals surface area contributed by atoms with Crippen molar-refractivity contribution in [2.45, 2.75) is 19.3 Å². The highest BCUT2D eigenvalue weighted by molar-refractivity contribution is 5.74. The first-order chi connectivity index (χ1) is 7.97. The normalized spacial score (nSPS) is 11.4. The van der Waals surface area contributed by atoms with Gasteiger partial charge in [-0.15, -0.1) is 0 Å². The average molecular weight is 227 g/mol. The van der Waals surface area contributed by atoms with Gasteiger partial charge >= 0.3 is 0 Å². The van der Waals surface area contributed by atoms with Crippen molar-refractivity contribution in [3.63, 3.8) is 0 Å². The molecule has 0 saturated heterocycles. The van der Waals surface area contributed by atoms with Gasteiger partial charge in [0.15, 0.2) is 0 Å². The fourth-order valence-corrected chi connectivity index (χ4v) is 1.74. The zero-order chi connectivity index (χ0) is 12.6. The van der Waals surface area contributed by atoms with Gasteiger partial charge in [-0.2, -0.15) is 5.26 Å². The molecule has 1 aromatic heterocycles. The molecule has 1 aromatic carbocycles. The molecule has 4 nitrogen and oxygen atoms in total. The lowest BCUT2D eigenvalue weighted by Gasteiger charge is -2.15. The number of nitriles is 1. The molecule has 0 N–H and O–H groups in total. The molecule has 0 bridgehead atoms. The molecule has 4 heteroatoms. The minimum atomic E-state index is -0.876. The van der Waals surface area contributed by atoms with Crippen molar-refractivity contribution < 1.29 is 0 Å². The summed E-state index contributed by atoms with van der Waals surface area (Å²) in [4.78, 5) is 16.5. The second-order valence-corrected chi connectivity index (χ2v) is 4.55. The molecule has 2 aromatic rings. The van der Waals surface area contributed by atoms with Crippen LogP contribution in [0.15, 0.2) is 29.1 Å². The zero-order valence-electron chi connectivity index (χ0n) is 10.1. The van der Waals surface area contributed by atoms with E-state index in [0.717, 1.165) is 11.0 Å². The number of fused-ring (bicyclic) bond motifs is 1. The highest BCUT2D eigenvalue weighted by Crippen LogP contribution is 2.19. The van der Waals surface area contributed by atoms with Gasteiger partial charge in [-0.1, -0.05) is 12.1 Å². The number of hydrogen-bond donors (Lipinski definition) is 0. The van der Waals surface area contributed by atoms with Crippen molar-refractivity contribution in [3.8, 4) is 6.07 Å². The average Bonchev–Trinajstić information content (AvgIpc) is 2.33. The smallest absolute Gasteiger partial charge is 0.274 e. The summed E-state index contributed by atoms with van der Waals surface area (Å²) >= 11 is 0. The number of nitrogens with zero attached hydrogens (tertiary/aromatic N) is 3. The molecule has 0 spiro atoms. The van der Waals surface area contributed by atoms with Crippen LogP contribution in [0.5, 0.6) is 0 Å². The van der Waals surface area contributed by atoms with Crippen LogP contribution in [-0.4, -0.2) is 9.55 Å². The molecule has 0 aliphatic rings. The molecular weight excluding hydrogens is 214 g/mol. The molecule has 0 atom stereocenters. The Bertz CT molecular complexity index is 677. The van der Waals surface area contributed by atoms with Gasteiger partial charge in [-0.25, -0.2) is 4.98 Å². The van der Waals surface area contributed by atoms with Crippen LogP contribution in [0.2, 0.25) is 0 Å². The first-order valence-corrected chi connectivity index (χ1v) is 5.35. The van der Waals surface area contributed by atoms with Crippen molar-refractivity contribution >= 4 is 11.0 Å². The van der Waals surface area contributed by atoms with Crippen LogP contribution >= 0.6 is 0 Å². The van der Waals surface area contributed by atoms with E-state index in [-0.39, 0.29) is 5.56 Å². The summed E-state index contributed by atoms with van der Waals surface area (Å²) < 4.78 is 1.54. The first kappa shape index (κ1) is 11.3. The summed E-state index contributed by atoms with van der Waals surface area (Å²) in [6, 6.07) is 9.52. The van der Waals surface area contributed by atoms with Crippen LogP contribution in [0.4, 0.5) is 0 Å². The number of aryl methyl sites for hydroxylation is 1. The predicted octanol–water partition coefficient (Wildman–Crippen LogP) is 1.73. The van der Waals surface area contributed by atoms with E-state index in [4.69, 9.17) is 5.26 Å². The maximum absolute atomic E-state index is 12.1. The standard InChI is InChI=1S/C13H13N3O/c1-13(2,8-14)11-12(17)16(3)10-7-5-4-6-9(10)15-11/h4-7H,1-3H3. The fraction of sp³-hybridized carbons (Fsp3) is 0.308. The Morgan fingerprint density at radius 1 is 1.35 bits per heavy atom. The van der Waals surface area contributed by atoms with Gasteiger partial charge in [0, 0.05) is 7.05 Å². The van der Waals surface area contributed by atoms with Crippen molar-refractivity contribution in [1.29, 1.82) is 5.26 Å². The molecule has 86 valence electrons. The van der Waals surface area contributed by atoms with Crippen LogP contribution in [0.3, 0.4) is 0 Å². The molecule has 17 heavy (non-hydrogen) atoms. The molecule has 0 aliphatic heterocycles. The van der Waals surface area contributed by atoms with E-state index in [1.807, 2.05) is 24.3 Å². The summed E-state index contributed by atoms with van der Waals surface area (Å²) in [6.07, 6.45) is 0. The third-order valence-electron chi connectivity index (χ3n) is 2.85. The van der Waals surface area contributed by atoms with E-state index in [1.54, 1.807) is 20.9 Å². The van der Waals surface area contributed by atoms with Gasteiger partial charge in [-0.3, -0.25) is 4.79 Å². The van der Waals surface area contributed by atoms with Crippen LogP contribution in [0, 0.1) is 11.3 Å². The van der Waals surface area contributed by atoms with Gasteiger partial charge in [0.25, 0.3) is 5.56 Å². The van der Waals surface area contributed by atoms with E-state index in [2.05, 4.69) is 11.1 Å². The summed E-state index contributed by atoms with van der Waals surface area (Å²) in [6.45, 7) is 3.40. The van der Waals surface area contributed by atoms with Crippen molar-refractivity contribution in [3.05, 3.63) is 40.3 Å². The van der Waals surface area contributed by atoms with Gasteiger partial charge in [-0.05, 0) is 26.0 Å². The zero-order valence-corrected chi connectivity index (χ0v) is 10.1. The van der Waals surface area contributed by atoms with Crippen molar-refractivity contribution in [2.24, 2.45) is 7.05 Å². The Balaban J connectivity index is 2.90. The Kier molecular flexibility index (Phi) is 2.47. The number of aromatic nitrogens is 2.